The van der Waals surface area contributed by atoms with Crippen LogP contribution in [0.15, 0.2) is 41.2 Å². The van der Waals surface area contributed by atoms with E-state index in [0.717, 1.165) is 5.56 Å². The van der Waals surface area contributed by atoms with Gasteiger partial charge in [0.15, 0.2) is 0 Å². The zero-order chi connectivity index (χ0) is 21.0. The zero-order valence-electron chi connectivity index (χ0n) is 15.5. The van der Waals surface area contributed by atoms with Crippen LogP contribution in [0.3, 0.4) is 0 Å². The van der Waals surface area contributed by atoms with Crippen molar-refractivity contribution in [1.82, 2.24) is 10.3 Å². The average molecular weight is 418 g/mol. The van der Waals surface area contributed by atoms with E-state index >= 15 is 0 Å². The standard InChI is InChI=1S/C20H20ClN3O5/c1-29-18-7-15(23-10-25)14(21)6-11(18)8-22-9-17(27)12-2-4-16(26)20-13(12)3-5-19(28)24-20/h2-7,10,17,22,26-27H,8-9H2,1H3,(H,23,25)(H,24,28)/t17-/m0/s1. The number of phenolic OH excluding ortho intramolecular Hbond substituents is 1. The van der Waals surface area contributed by atoms with Gasteiger partial charge in [-0.3, -0.25) is 9.59 Å². The van der Waals surface area contributed by atoms with Crippen molar-refractivity contribution in [3.05, 3.63) is 62.9 Å². The van der Waals surface area contributed by atoms with Gasteiger partial charge < -0.3 is 30.6 Å². The number of aliphatic hydroxyl groups excluding tert-OH is 1. The topological polar surface area (TPSA) is 124 Å². The number of aromatic amines is 1. The van der Waals surface area contributed by atoms with Gasteiger partial charge in [-0.15, -0.1) is 0 Å². The average Bonchev–Trinajstić information content (AvgIpc) is 2.70. The van der Waals surface area contributed by atoms with E-state index in [9.17, 15) is 19.8 Å². The van der Waals surface area contributed by atoms with Gasteiger partial charge in [0.1, 0.15) is 11.5 Å². The number of carbonyl (C=O) groups excluding carboxylic acids is 1. The van der Waals surface area contributed by atoms with E-state index in [1.807, 2.05) is 0 Å². The maximum absolute atomic E-state index is 11.5. The van der Waals surface area contributed by atoms with E-state index in [-0.39, 0.29) is 23.4 Å². The van der Waals surface area contributed by atoms with Crippen molar-refractivity contribution in [3.8, 4) is 11.5 Å². The molecule has 0 bridgehead atoms. The molecule has 1 amide bonds. The summed E-state index contributed by atoms with van der Waals surface area (Å²) >= 11 is 6.16. The predicted molar refractivity (Wildman–Crippen MR) is 111 cm³/mol. The largest absolute Gasteiger partial charge is 0.506 e. The molecule has 0 saturated carbocycles. The van der Waals surface area contributed by atoms with Crippen LogP contribution in [0.1, 0.15) is 17.2 Å². The van der Waals surface area contributed by atoms with Gasteiger partial charge in [-0.05, 0) is 23.8 Å². The number of aliphatic hydroxyl groups is 1. The van der Waals surface area contributed by atoms with Gasteiger partial charge >= 0.3 is 0 Å². The Hall–Kier alpha value is -3.07. The number of ether oxygens (including phenoxy) is 1. The third kappa shape index (κ3) is 4.51. The summed E-state index contributed by atoms with van der Waals surface area (Å²) in [7, 11) is 1.51. The molecule has 8 nitrogen and oxygen atoms in total. The molecule has 2 aromatic carbocycles. The molecule has 9 heteroatoms. The lowest BCUT2D eigenvalue weighted by Crippen LogP contribution is -2.21. The van der Waals surface area contributed by atoms with E-state index < -0.39 is 6.10 Å². The minimum atomic E-state index is -0.888. The van der Waals surface area contributed by atoms with Crippen molar-refractivity contribution in [2.24, 2.45) is 0 Å². The third-order valence-corrected chi connectivity index (χ3v) is 4.82. The number of aromatic nitrogens is 1. The van der Waals surface area contributed by atoms with Crippen LogP contribution in [0.25, 0.3) is 10.9 Å². The second kappa shape index (κ2) is 8.95. The summed E-state index contributed by atoms with van der Waals surface area (Å²) in [6.07, 6.45) is -0.356. The molecule has 0 aliphatic carbocycles. The molecule has 5 N–H and O–H groups in total. The Morgan fingerprint density at radius 1 is 1.28 bits per heavy atom. The van der Waals surface area contributed by atoms with Crippen LogP contribution >= 0.6 is 11.6 Å². The lowest BCUT2D eigenvalue weighted by Gasteiger charge is -2.17. The van der Waals surface area contributed by atoms with Gasteiger partial charge in [0.05, 0.1) is 29.4 Å². The quantitative estimate of drug-likeness (QED) is 0.358. The van der Waals surface area contributed by atoms with Crippen molar-refractivity contribution >= 4 is 34.6 Å². The SMILES string of the molecule is COc1cc(NC=O)c(Cl)cc1CNC[C@H](O)c1ccc(O)c2[nH]c(=O)ccc12. The highest BCUT2D eigenvalue weighted by atomic mass is 35.5. The molecule has 152 valence electrons. The number of pyridine rings is 1. The Kier molecular flexibility index (Phi) is 6.38. The van der Waals surface area contributed by atoms with Crippen molar-refractivity contribution in [2.75, 3.05) is 19.0 Å². The minimum absolute atomic E-state index is 0.0648. The molecule has 0 spiro atoms. The highest BCUT2D eigenvalue weighted by molar-refractivity contribution is 6.33. The molecule has 0 unspecified atom stereocenters. The summed E-state index contributed by atoms with van der Waals surface area (Å²) in [6.45, 7) is 0.558. The van der Waals surface area contributed by atoms with Crippen LogP contribution in [0.4, 0.5) is 5.69 Å². The number of H-pyrrole nitrogens is 1. The molecule has 1 aromatic heterocycles. The molecule has 0 aliphatic heterocycles. The highest BCUT2D eigenvalue weighted by Crippen LogP contribution is 2.31. The van der Waals surface area contributed by atoms with Gasteiger partial charge in [-0.1, -0.05) is 17.7 Å². The summed E-state index contributed by atoms with van der Waals surface area (Å²) in [5.41, 5.74) is 1.69. The molecule has 29 heavy (non-hydrogen) atoms. The summed E-state index contributed by atoms with van der Waals surface area (Å²) in [6, 6.07) is 9.24. The van der Waals surface area contributed by atoms with Gasteiger partial charge in [0.25, 0.3) is 0 Å². The molecular formula is C20H20ClN3O5. The molecule has 0 aliphatic rings. The summed E-state index contributed by atoms with van der Waals surface area (Å²) in [5.74, 6) is 0.471. The monoisotopic (exact) mass is 417 g/mol. The predicted octanol–water partition coefficient (Wildman–Crippen LogP) is 2.29. The van der Waals surface area contributed by atoms with Crippen molar-refractivity contribution in [1.29, 1.82) is 0 Å². The number of amides is 1. The van der Waals surface area contributed by atoms with E-state index in [1.165, 1.54) is 19.2 Å². The second-order valence-corrected chi connectivity index (χ2v) is 6.75. The number of carbonyl (C=O) groups is 1. The van der Waals surface area contributed by atoms with Crippen molar-refractivity contribution < 1.29 is 19.7 Å². The molecule has 1 atom stereocenters. The summed E-state index contributed by atoms with van der Waals surface area (Å²) in [4.78, 5) is 24.7. The number of hydrogen-bond acceptors (Lipinski definition) is 6. The normalized spacial score (nSPS) is 12.0. The van der Waals surface area contributed by atoms with Gasteiger partial charge in [-0.2, -0.15) is 0 Å². The van der Waals surface area contributed by atoms with Crippen LogP contribution in [-0.2, 0) is 11.3 Å². The molecular weight excluding hydrogens is 398 g/mol. The fourth-order valence-electron chi connectivity index (χ4n) is 3.10. The Bertz CT molecular complexity index is 1100. The number of fused-ring (bicyclic) bond motifs is 1. The Morgan fingerprint density at radius 2 is 2.07 bits per heavy atom. The minimum Gasteiger partial charge on any atom is -0.506 e. The van der Waals surface area contributed by atoms with Gasteiger partial charge in [0.2, 0.25) is 12.0 Å². The fraction of sp³-hybridized carbons (Fsp3) is 0.200. The number of aromatic hydroxyl groups is 1. The summed E-state index contributed by atoms with van der Waals surface area (Å²) < 4.78 is 5.33. The zero-order valence-corrected chi connectivity index (χ0v) is 16.3. The van der Waals surface area contributed by atoms with Gasteiger partial charge in [0, 0.05) is 36.2 Å². The van der Waals surface area contributed by atoms with Crippen LogP contribution in [-0.4, -0.2) is 35.3 Å². The number of nitrogens with one attached hydrogen (secondary N) is 3. The molecule has 0 saturated heterocycles. The van der Waals surface area contributed by atoms with Crippen molar-refractivity contribution in [2.45, 2.75) is 12.6 Å². The van der Waals surface area contributed by atoms with Crippen LogP contribution in [0.2, 0.25) is 5.02 Å². The number of benzene rings is 2. The first kappa shape index (κ1) is 20.7. The maximum Gasteiger partial charge on any atom is 0.248 e. The second-order valence-electron chi connectivity index (χ2n) is 6.34. The van der Waals surface area contributed by atoms with Crippen LogP contribution < -0.4 is 20.9 Å². The van der Waals surface area contributed by atoms with E-state index in [1.54, 1.807) is 24.3 Å². The lowest BCUT2D eigenvalue weighted by molar-refractivity contribution is -0.105. The molecule has 3 aromatic rings. The maximum atomic E-state index is 11.5. The number of methoxy groups -OCH3 is 1. The Labute approximate surface area is 171 Å². The number of anilines is 1. The Balaban J connectivity index is 1.75. The van der Waals surface area contributed by atoms with Crippen molar-refractivity contribution in [3.63, 3.8) is 0 Å². The first-order valence-corrected chi connectivity index (χ1v) is 9.12. The number of halogens is 1. The molecule has 0 fully saturated rings. The highest BCUT2D eigenvalue weighted by Gasteiger charge is 2.15. The van der Waals surface area contributed by atoms with E-state index in [2.05, 4.69) is 15.6 Å². The van der Waals surface area contributed by atoms with Crippen LogP contribution in [0.5, 0.6) is 11.5 Å². The number of phenols is 1. The van der Waals surface area contributed by atoms with Gasteiger partial charge in [-0.25, -0.2) is 0 Å². The smallest absolute Gasteiger partial charge is 0.248 e. The van der Waals surface area contributed by atoms with Crippen LogP contribution in [0, 0.1) is 0 Å². The molecule has 3 rings (SSSR count). The Morgan fingerprint density at radius 3 is 2.79 bits per heavy atom. The number of hydrogen-bond donors (Lipinski definition) is 5. The summed E-state index contributed by atoms with van der Waals surface area (Å²) in [5, 5.41) is 27.1. The first-order valence-electron chi connectivity index (χ1n) is 8.75. The fourth-order valence-corrected chi connectivity index (χ4v) is 3.34. The number of rotatable bonds is 8. The van der Waals surface area contributed by atoms with E-state index in [4.69, 9.17) is 16.3 Å². The van der Waals surface area contributed by atoms with E-state index in [0.29, 0.717) is 40.4 Å². The third-order valence-electron chi connectivity index (χ3n) is 4.50. The molecule has 1 heterocycles. The molecule has 0 radical (unpaired) electrons. The first-order chi connectivity index (χ1) is 13.9. The lowest BCUT2D eigenvalue weighted by atomic mass is 10.0.